The summed E-state index contributed by atoms with van der Waals surface area (Å²) in [5, 5.41) is 15.4. The number of rotatable bonds is 12. The van der Waals surface area contributed by atoms with Gasteiger partial charge in [-0.25, -0.2) is 24.6 Å². The Balaban J connectivity index is 0.902. The molecule has 0 atom stereocenters. The zero-order valence-corrected chi connectivity index (χ0v) is 52.8. The summed E-state index contributed by atoms with van der Waals surface area (Å²) in [6.45, 7) is 16.4. The molecular formula is C90H54N8. The van der Waals surface area contributed by atoms with E-state index in [9.17, 15) is 5.26 Å². The maximum absolute atomic E-state index is 11.0. The monoisotopic (exact) mass is 1250 g/mol. The van der Waals surface area contributed by atoms with Gasteiger partial charge in [0.2, 0.25) is 0 Å². The third-order valence-corrected chi connectivity index (χ3v) is 18.7. The molecule has 3 aromatic heterocycles. The van der Waals surface area contributed by atoms with Crippen molar-refractivity contribution in [2.75, 3.05) is 0 Å². The zero-order chi connectivity index (χ0) is 65.6. The Morgan fingerprint density at radius 1 is 0.265 bits per heavy atom. The normalized spacial score (nSPS) is 11.2. The van der Waals surface area contributed by atoms with Crippen LogP contribution >= 0.6 is 0 Å². The lowest BCUT2D eigenvalue weighted by molar-refractivity contribution is 1.07. The molecule has 8 heteroatoms. The van der Waals surface area contributed by atoms with Gasteiger partial charge in [0.15, 0.2) is 28.8 Å². The van der Waals surface area contributed by atoms with Gasteiger partial charge in [-0.05, 0) is 158 Å². The molecule has 0 aliphatic heterocycles. The Bertz CT molecular complexity index is 5610. The summed E-state index contributed by atoms with van der Waals surface area (Å²) in [7, 11) is 0. The average Bonchev–Trinajstić information content (AvgIpc) is 1.54. The maximum atomic E-state index is 11.0. The molecule has 8 nitrogen and oxygen atoms in total. The van der Waals surface area contributed by atoms with E-state index in [1.165, 1.54) is 0 Å². The van der Waals surface area contributed by atoms with E-state index in [1.54, 1.807) is 0 Å². The van der Waals surface area contributed by atoms with Gasteiger partial charge >= 0.3 is 0 Å². The summed E-state index contributed by atoms with van der Waals surface area (Å²) < 4.78 is 4.66. The molecule has 0 unspecified atom stereocenters. The number of benzene rings is 14. The van der Waals surface area contributed by atoms with Crippen LogP contribution in [0.3, 0.4) is 0 Å². The molecule has 0 aliphatic carbocycles. The van der Waals surface area contributed by atoms with Crippen molar-refractivity contribution in [1.29, 1.82) is 5.26 Å². The number of aromatic nitrogens is 5. The molecule has 14 aromatic carbocycles. The van der Waals surface area contributed by atoms with Crippen LogP contribution in [0.1, 0.15) is 5.56 Å². The topological polar surface area (TPSA) is 81.0 Å². The second-order valence-electron chi connectivity index (χ2n) is 24.3. The lowest BCUT2D eigenvalue weighted by Gasteiger charge is -2.18. The first-order valence-corrected chi connectivity index (χ1v) is 32.4. The quantitative estimate of drug-likeness (QED) is 0.114. The largest absolute Gasteiger partial charge is 0.309 e. The average molecular weight is 1250 g/mol. The van der Waals surface area contributed by atoms with Crippen molar-refractivity contribution < 1.29 is 0 Å². The second-order valence-corrected chi connectivity index (χ2v) is 24.3. The molecule has 17 rings (SSSR count). The lowest BCUT2D eigenvalue weighted by Crippen LogP contribution is -2.04. The molecule has 0 amide bonds. The van der Waals surface area contributed by atoms with Gasteiger partial charge in [0, 0.05) is 49.4 Å². The van der Waals surface area contributed by atoms with Gasteiger partial charge in [-0.15, -0.1) is 0 Å². The van der Waals surface area contributed by atoms with Crippen LogP contribution in [-0.4, -0.2) is 24.1 Å². The summed E-state index contributed by atoms with van der Waals surface area (Å²) in [5.41, 5.74) is 23.3. The summed E-state index contributed by atoms with van der Waals surface area (Å²) in [6, 6.07) is 115. The fraction of sp³-hybridized carbons (Fsp3) is 0. The first-order valence-electron chi connectivity index (χ1n) is 32.4. The van der Waals surface area contributed by atoms with Crippen molar-refractivity contribution in [1.82, 2.24) is 24.1 Å². The lowest BCUT2D eigenvalue weighted by atomic mass is 9.96. The van der Waals surface area contributed by atoms with Gasteiger partial charge < -0.3 is 9.13 Å². The van der Waals surface area contributed by atoms with Crippen LogP contribution in [0.15, 0.2) is 328 Å². The smallest absolute Gasteiger partial charge is 0.194 e. The second kappa shape index (κ2) is 24.6. The highest BCUT2D eigenvalue weighted by molar-refractivity contribution is 6.14. The molecule has 0 saturated heterocycles. The highest BCUT2D eigenvalue weighted by atomic mass is 15.0. The van der Waals surface area contributed by atoms with Crippen LogP contribution in [0, 0.1) is 24.5 Å². The van der Waals surface area contributed by atoms with Crippen molar-refractivity contribution >= 4 is 55.0 Å². The Morgan fingerprint density at radius 3 is 1.03 bits per heavy atom. The molecule has 3 heterocycles. The van der Waals surface area contributed by atoms with Crippen LogP contribution < -0.4 is 0 Å². The number of para-hydroxylation sites is 1. The number of nitrogens with zero attached hydrogens (tertiary/aromatic N) is 8. The van der Waals surface area contributed by atoms with E-state index in [0.717, 1.165) is 138 Å². The molecule has 0 bridgehead atoms. The highest BCUT2D eigenvalue weighted by Gasteiger charge is 2.25. The third kappa shape index (κ3) is 10.3. The standard InChI is InChI=1S/C90H54N8/c1-92-70-43-35-62(36-44-70)71-30-17-18-33-74(71)90-95-88(67-41-49-82(75(55-67)72-31-16-15-29-69(72)57-91)97-84-45-37-63(58-21-7-3-8-22-58)51-77(84)78-52-64(38-46-85(78)97)59-23-9-4-10-24-59)94-89(96-90)68-42-50-83(76(56-68)73-32-19-20-34-81(73)93-2)98-86-47-39-65(60-25-11-5-12-26-60)53-79(86)80-54-66(40-48-87(80)98)61-27-13-6-14-28-61/h3-56H. The predicted octanol–water partition coefficient (Wildman–Crippen LogP) is 23.7. The van der Waals surface area contributed by atoms with Crippen molar-refractivity contribution in [3.8, 4) is 129 Å². The molecule has 17 aromatic rings. The summed E-state index contributed by atoms with van der Waals surface area (Å²) in [6.07, 6.45) is 0. The molecule has 0 fully saturated rings. The summed E-state index contributed by atoms with van der Waals surface area (Å²) in [4.78, 5) is 24.3. The number of fused-ring (bicyclic) bond motifs is 6. The Morgan fingerprint density at radius 2 is 0.612 bits per heavy atom. The summed E-state index contributed by atoms with van der Waals surface area (Å²) in [5.74, 6) is 1.25. The van der Waals surface area contributed by atoms with Crippen molar-refractivity contribution in [2.45, 2.75) is 0 Å². The van der Waals surface area contributed by atoms with E-state index in [1.807, 2.05) is 115 Å². The molecule has 0 radical (unpaired) electrons. The first-order chi connectivity index (χ1) is 48.4. The number of nitriles is 1. The van der Waals surface area contributed by atoms with Crippen LogP contribution in [0.5, 0.6) is 0 Å². The SMILES string of the molecule is [C-]#[N+]c1ccc(-c2ccccc2-c2nc(-c3ccc(-n4c5ccc(-c6ccccc6)cc5c5cc(-c6ccccc6)ccc54)c(-c4ccccc4C#N)c3)nc(-c3ccc(-n4c5ccc(-c6ccccc6)cc5c5cc(-c6ccccc6)ccc54)c(-c4ccccc4[N+]#[C-])c3)n2)cc1. The highest BCUT2D eigenvalue weighted by Crippen LogP contribution is 2.46. The molecule has 98 heavy (non-hydrogen) atoms. The van der Waals surface area contributed by atoms with E-state index in [2.05, 4.69) is 237 Å². The molecule has 0 saturated carbocycles. The van der Waals surface area contributed by atoms with Crippen LogP contribution in [0.2, 0.25) is 0 Å². The Hall–Kier alpha value is -13.8. The van der Waals surface area contributed by atoms with Gasteiger partial charge in [0.1, 0.15) is 0 Å². The van der Waals surface area contributed by atoms with Crippen molar-refractivity contribution in [3.05, 3.63) is 356 Å². The van der Waals surface area contributed by atoms with Crippen LogP contribution in [0.4, 0.5) is 11.4 Å². The third-order valence-electron chi connectivity index (χ3n) is 18.7. The molecule has 0 N–H and O–H groups in total. The van der Waals surface area contributed by atoms with E-state index < -0.39 is 0 Å². The Labute approximate surface area is 566 Å². The van der Waals surface area contributed by atoms with Gasteiger partial charge in [-0.2, -0.15) is 5.26 Å². The molecule has 0 spiro atoms. The van der Waals surface area contributed by atoms with Gasteiger partial charge in [-0.1, -0.05) is 237 Å². The Kier molecular flexibility index (Phi) is 14.5. The number of hydrogen-bond acceptors (Lipinski definition) is 4. The van der Waals surface area contributed by atoms with Gasteiger partial charge in [0.25, 0.3) is 0 Å². The molecule has 454 valence electrons. The molecule has 0 aliphatic rings. The minimum Gasteiger partial charge on any atom is -0.309 e. The van der Waals surface area contributed by atoms with Gasteiger partial charge in [0.05, 0.1) is 58.2 Å². The van der Waals surface area contributed by atoms with Crippen molar-refractivity contribution in [2.24, 2.45) is 0 Å². The predicted molar refractivity (Wildman–Crippen MR) is 400 cm³/mol. The van der Waals surface area contributed by atoms with E-state index in [-0.39, 0.29) is 0 Å². The summed E-state index contributed by atoms with van der Waals surface area (Å²) >= 11 is 0. The van der Waals surface area contributed by atoms with E-state index in [4.69, 9.17) is 28.1 Å². The van der Waals surface area contributed by atoms with Crippen LogP contribution in [-0.2, 0) is 0 Å². The maximum Gasteiger partial charge on any atom is 0.194 e. The van der Waals surface area contributed by atoms with E-state index >= 15 is 0 Å². The molecular weight excluding hydrogens is 1190 g/mol. The van der Waals surface area contributed by atoms with E-state index in [0.29, 0.717) is 45.5 Å². The minimum absolute atomic E-state index is 0.408. The zero-order valence-electron chi connectivity index (χ0n) is 52.8. The first kappa shape index (κ1) is 58.0. The number of hydrogen-bond donors (Lipinski definition) is 0. The van der Waals surface area contributed by atoms with Crippen LogP contribution in [0.25, 0.3) is 177 Å². The van der Waals surface area contributed by atoms with Gasteiger partial charge in [-0.3, -0.25) is 0 Å². The minimum atomic E-state index is 0.408. The fourth-order valence-electron chi connectivity index (χ4n) is 14.0. The fourth-order valence-corrected chi connectivity index (χ4v) is 14.0. The van der Waals surface area contributed by atoms with Crippen molar-refractivity contribution in [3.63, 3.8) is 0 Å².